The number of hydrogen-bond acceptors (Lipinski definition) is 3. The summed E-state index contributed by atoms with van der Waals surface area (Å²) in [5, 5.41) is 14.8. The Morgan fingerprint density at radius 2 is 1.13 bits per heavy atom. The van der Waals surface area contributed by atoms with Crippen LogP contribution in [0.3, 0.4) is 0 Å². The molecule has 2 heterocycles. The van der Waals surface area contributed by atoms with Crippen molar-refractivity contribution in [3.63, 3.8) is 0 Å². The molecular formula is C56H39N3OPt. The quantitative estimate of drug-likeness (QED) is 0.139. The normalized spacial score (nSPS) is 11.0. The zero-order chi connectivity index (χ0) is 40.3. The van der Waals surface area contributed by atoms with Crippen LogP contribution in [0.5, 0.6) is 5.75 Å². The van der Waals surface area contributed by atoms with E-state index in [1.807, 2.05) is 54.7 Å². The van der Waals surface area contributed by atoms with E-state index < -0.39 is 0 Å². The minimum atomic E-state index is 0. The summed E-state index contributed by atoms with van der Waals surface area (Å²) in [5.74, 6) is 0.929. The summed E-state index contributed by atoms with van der Waals surface area (Å²) in [6, 6.07) is 70.2. The van der Waals surface area contributed by atoms with Gasteiger partial charge in [-0.05, 0) is 57.5 Å². The van der Waals surface area contributed by atoms with Crippen molar-refractivity contribution >= 4 is 10.8 Å². The fourth-order valence-electron chi connectivity index (χ4n) is 8.29. The van der Waals surface area contributed by atoms with Gasteiger partial charge in [-0.25, -0.2) is 0 Å². The van der Waals surface area contributed by atoms with E-state index in [4.69, 9.17) is 4.98 Å². The van der Waals surface area contributed by atoms with Gasteiger partial charge in [0.1, 0.15) is 5.75 Å². The van der Waals surface area contributed by atoms with Gasteiger partial charge in [-0.3, -0.25) is 4.98 Å². The first-order valence-electron chi connectivity index (χ1n) is 20.2. The third kappa shape index (κ3) is 7.99. The maximum absolute atomic E-state index is 12.5. The molecule has 0 amide bonds. The standard InChI is InChI=1S/C56H39N3O.Pt/c60-55-47(32-43-26-13-14-27-44(43)33-48-37-57-36-45-28-15-16-29-49(45)48)34-46(39-18-5-1-6-19-39)35-52(55)53-38-59(56(58-53)42-24-11-4-12-25-42)54-50(40-20-7-2-8-21-40)30-17-31-51(54)41-22-9-3-10-23-41;/h1-24,26-31,34-36,38,60H,32-33H2;/q-2;+2. The Hall–Kier alpha value is -7.13. The van der Waals surface area contributed by atoms with Crippen LogP contribution in [0.25, 0.3) is 72.5 Å². The van der Waals surface area contributed by atoms with Gasteiger partial charge in [0.2, 0.25) is 0 Å². The Morgan fingerprint density at radius 1 is 0.525 bits per heavy atom. The van der Waals surface area contributed by atoms with Crippen LogP contribution in [0.1, 0.15) is 22.3 Å². The number of para-hydroxylation sites is 1. The first kappa shape index (κ1) is 39.3. The molecule has 5 heteroatoms. The maximum atomic E-state index is 12.5. The maximum Gasteiger partial charge on any atom is 2.00 e. The van der Waals surface area contributed by atoms with Crippen LogP contribution in [0.15, 0.2) is 207 Å². The monoisotopic (exact) mass is 964 g/mol. The van der Waals surface area contributed by atoms with Gasteiger partial charge in [0.25, 0.3) is 0 Å². The van der Waals surface area contributed by atoms with E-state index in [1.54, 1.807) is 0 Å². The van der Waals surface area contributed by atoms with Gasteiger partial charge in [0.05, 0.1) is 17.2 Å². The predicted molar refractivity (Wildman–Crippen MR) is 244 cm³/mol. The molecule has 0 radical (unpaired) electrons. The SMILES string of the molecule is Oc1c(Cc2ccccc2Cc2[c-]ncc3ccccc23)cc(-c2ccccc2)cc1-c1cn(-c2c(-c3ccccc3)cccc2-c2ccccc2)c(-c2[c-]cccc2)n1.[Pt+2]. The van der Waals surface area contributed by atoms with E-state index in [0.717, 1.165) is 83.5 Å². The molecule has 1 N–H and O–H groups in total. The summed E-state index contributed by atoms with van der Waals surface area (Å²) in [5.41, 5.74) is 13.7. The molecule has 0 aliphatic heterocycles. The molecule has 0 unspecified atom stereocenters. The predicted octanol–water partition coefficient (Wildman–Crippen LogP) is 13.2. The first-order chi connectivity index (χ1) is 29.7. The van der Waals surface area contributed by atoms with Crippen molar-refractivity contribution in [3.8, 4) is 67.5 Å². The number of phenolic OH excluding ortho intramolecular Hbond substituents is 1. The number of phenols is 1. The second-order valence-electron chi connectivity index (χ2n) is 15.0. The molecule has 2 aromatic heterocycles. The molecule has 0 saturated carbocycles. The Balaban J connectivity index is 0.00000476. The Morgan fingerprint density at radius 3 is 1.80 bits per heavy atom. The second-order valence-corrected chi connectivity index (χ2v) is 15.0. The number of aromatic nitrogens is 3. The van der Waals surface area contributed by atoms with Gasteiger partial charge < -0.3 is 14.7 Å². The Bertz CT molecular complexity index is 3030. The number of pyridine rings is 1. The van der Waals surface area contributed by atoms with E-state index in [0.29, 0.717) is 24.1 Å². The van der Waals surface area contributed by atoms with Gasteiger partial charge in [0.15, 0.2) is 0 Å². The Labute approximate surface area is 370 Å². The number of hydrogen-bond donors (Lipinski definition) is 1. The molecule has 0 bridgehead atoms. The first-order valence-corrected chi connectivity index (χ1v) is 20.2. The summed E-state index contributed by atoms with van der Waals surface area (Å²) in [4.78, 5) is 9.85. The Kier molecular flexibility index (Phi) is 11.4. The van der Waals surface area contributed by atoms with Gasteiger partial charge in [0, 0.05) is 29.3 Å². The third-order valence-electron chi connectivity index (χ3n) is 11.2. The molecule has 8 aromatic carbocycles. The van der Waals surface area contributed by atoms with E-state index in [1.165, 1.54) is 0 Å². The number of imidazole rings is 1. The molecule has 0 saturated heterocycles. The van der Waals surface area contributed by atoms with Crippen molar-refractivity contribution in [1.82, 2.24) is 14.5 Å². The van der Waals surface area contributed by atoms with Crippen molar-refractivity contribution in [2.24, 2.45) is 0 Å². The summed E-state index contributed by atoms with van der Waals surface area (Å²) in [7, 11) is 0. The zero-order valence-corrected chi connectivity index (χ0v) is 35.4. The molecule has 0 fully saturated rings. The van der Waals surface area contributed by atoms with E-state index >= 15 is 0 Å². The smallest absolute Gasteiger partial charge is 0.507 e. The van der Waals surface area contributed by atoms with Crippen LogP contribution in [0.2, 0.25) is 0 Å². The van der Waals surface area contributed by atoms with Gasteiger partial charge in [-0.1, -0.05) is 164 Å². The van der Waals surface area contributed by atoms with Crippen LogP contribution in [-0.2, 0) is 33.9 Å². The van der Waals surface area contributed by atoms with E-state index in [2.05, 4.69) is 174 Å². The number of aromatic hydroxyl groups is 1. The number of fused-ring (bicyclic) bond motifs is 1. The van der Waals surface area contributed by atoms with Crippen LogP contribution >= 0.6 is 0 Å². The molecule has 0 aliphatic carbocycles. The minimum Gasteiger partial charge on any atom is -0.507 e. The molecule has 10 aromatic rings. The molecule has 61 heavy (non-hydrogen) atoms. The van der Waals surface area contributed by atoms with E-state index in [9.17, 15) is 5.11 Å². The van der Waals surface area contributed by atoms with Crippen molar-refractivity contribution < 1.29 is 26.2 Å². The minimum absolute atomic E-state index is 0. The van der Waals surface area contributed by atoms with Crippen molar-refractivity contribution in [1.29, 1.82) is 0 Å². The zero-order valence-electron chi connectivity index (χ0n) is 33.1. The van der Waals surface area contributed by atoms with Gasteiger partial charge >= 0.3 is 21.1 Å². The summed E-state index contributed by atoms with van der Waals surface area (Å²) in [6.45, 7) is 0. The topological polar surface area (TPSA) is 50.9 Å². The summed E-state index contributed by atoms with van der Waals surface area (Å²) >= 11 is 0. The van der Waals surface area contributed by atoms with Crippen molar-refractivity contribution in [2.45, 2.75) is 12.8 Å². The molecule has 0 atom stereocenters. The average Bonchev–Trinajstić information content (AvgIpc) is 3.76. The fourth-order valence-corrected chi connectivity index (χ4v) is 8.29. The van der Waals surface area contributed by atoms with Crippen LogP contribution < -0.4 is 0 Å². The van der Waals surface area contributed by atoms with Crippen LogP contribution in [0.4, 0.5) is 0 Å². The van der Waals surface area contributed by atoms with E-state index in [-0.39, 0.29) is 26.8 Å². The van der Waals surface area contributed by atoms with Crippen molar-refractivity contribution in [3.05, 3.63) is 241 Å². The number of rotatable bonds is 10. The molecule has 4 nitrogen and oxygen atoms in total. The summed E-state index contributed by atoms with van der Waals surface area (Å²) < 4.78 is 2.18. The molecule has 0 aliphatic rings. The average molecular weight is 965 g/mol. The second kappa shape index (κ2) is 17.6. The van der Waals surface area contributed by atoms with Crippen molar-refractivity contribution in [2.75, 3.05) is 0 Å². The number of benzene rings is 8. The summed E-state index contributed by atoms with van der Waals surface area (Å²) in [6.07, 6.45) is 8.40. The van der Waals surface area contributed by atoms with Gasteiger partial charge in [-0.2, -0.15) is 0 Å². The van der Waals surface area contributed by atoms with Gasteiger partial charge in [-0.15, -0.1) is 58.3 Å². The molecule has 0 spiro atoms. The molecular weight excluding hydrogens is 926 g/mol. The molecule has 10 rings (SSSR count). The van der Waals surface area contributed by atoms with Crippen LogP contribution in [0, 0.1) is 12.3 Å². The fraction of sp³-hybridized carbons (Fsp3) is 0.0357. The van der Waals surface area contributed by atoms with Crippen LogP contribution in [-0.4, -0.2) is 19.6 Å². The largest absolute Gasteiger partial charge is 2.00 e. The number of nitrogens with zero attached hydrogens (tertiary/aromatic N) is 3. The molecule has 294 valence electrons. The third-order valence-corrected chi connectivity index (χ3v) is 11.2.